The average Bonchev–Trinajstić information content (AvgIpc) is 3.00. The van der Waals surface area contributed by atoms with Gasteiger partial charge < -0.3 is 9.47 Å². The summed E-state index contributed by atoms with van der Waals surface area (Å²) >= 11 is 0. The number of imidazole rings is 1. The van der Waals surface area contributed by atoms with E-state index in [2.05, 4.69) is 4.98 Å². The van der Waals surface area contributed by atoms with Crippen molar-refractivity contribution in [3.8, 4) is 0 Å². The molecule has 2 N–H and O–H groups in total. The van der Waals surface area contributed by atoms with Crippen LogP contribution in [0.1, 0.15) is 18.9 Å². The molecule has 118 valence electrons. The maximum absolute atomic E-state index is 14.3. The highest BCUT2D eigenvalue weighted by atomic mass is 32.2. The van der Waals surface area contributed by atoms with Gasteiger partial charge in [0.1, 0.15) is 10.7 Å². The number of hydrogen-bond donors (Lipinski definition) is 1. The first-order chi connectivity index (χ1) is 10.5. The van der Waals surface area contributed by atoms with Gasteiger partial charge in [-0.05, 0) is 25.0 Å². The number of rotatable bonds is 3. The smallest absolute Gasteiger partial charge is 0.240 e. The van der Waals surface area contributed by atoms with Crippen molar-refractivity contribution in [2.24, 2.45) is 5.14 Å². The Balaban J connectivity index is 1.97. The van der Waals surface area contributed by atoms with E-state index in [-0.39, 0.29) is 16.6 Å². The van der Waals surface area contributed by atoms with E-state index in [1.54, 1.807) is 17.4 Å². The summed E-state index contributed by atoms with van der Waals surface area (Å²) < 4.78 is 39.7. The molecular weight excluding hydrogens is 307 g/mol. The van der Waals surface area contributed by atoms with E-state index in [1.807, 2.05) is 10.8 Å². The summed E-state index contributed by atoms with van der Waals surface area (Å²) in [6, 6.07) is 4.08. The Morgan fingerprint density at radius 3 is 2.86 bits per heavy atom. The summed E-state index contributed by atoms with van der Waals surface area (Å²) in [5.41, 5.74) is 0.0646. The summed E-state index contributed by atoms with van der Waals surface area (Å²) in [7, 11) is -3.98. The van der Waals surface area contributed by atoms with E-state index < -0.39 is 15.8 Å². The van der Waals surface area contributed by atoms with Gasteiger partial charge in [-0.1, -0.05) is 6.07 Å². The van der Waals surface area contributed by atoms with Crippen molar-refractivity contribution in [1.82, 2.24) is 9.55 Å². The highest BCUT2D eigenvalue weighted by Crippen LogP contribution is 2.32. The second-order valence-electron chi connectivity index (χ2n) is 5.38. The summed E-state index contributed by atoms with van der Waals surface area (Å²) in [6.07, 6.45) is 7.04. The Bertz CT molecular complexity index is 761. The zero-order valence-electron chi connectivity index (χ0n) is 11.9. The zero-order valence-corrected chi connectivity index (χ0v) is 12.7. The molecule has 2 heterocycles. The van der Waals surface area contributed by atoms with Gasteiger partial charge in [0.15, 0.2) is 0 Å². The molecule has 0 amide bonds. The first-order valence-corrected chi connectivity index (χ1v) is 8.55. The van der Waals surface area contributed by atoms with Crippen LogP contribution in [-0.2, 0) is 10.0 Å². The molecule has 0 spiro atoms. The number of halogens is 1. The number of nitrogens with zero attached hydrogens (tertiary/aromatic N) is 3. The Kier molecular flexibility index (Phi) is 3.88. The monoisotopic (exact) mass is 324 g/mol. The predicted octanol–water partition coefficient (Wildman–Crippen LogP) is 1.51. The topological polar surface area (TPSA) is 81.2 Å². The van der Waals surface area contributed by atoms with E-state index in [0.29, 0.717) is 13.1 Å². The summed E-state index contributed by atoms with van der Waals surface area (Å²) in [5, 5.41) is 5.23. The Hall–Kier alpha value is -1.93. The van der Waals surface area contributed by atoms with Gasteiger partial charge in [0, 0.05) is 25.5 Å². The highest BCUT2D eigenvalue weighted by Gasteiger charge is 2.27. The molecule has 1 atom stereocenters. The first-order valence-electron chi connectivity index (χ1n) is 7.00. The van der Waals surface area contributed by atoms with Gasteiger partial charge in [-0.15, -0.1) is 0 Å². The van der Waals surface area contributed by atoms with Gasteiger partial charge in [-0.3, -0.25) is 0 Å². The third kappa shape index (κ3) is 2.84. The van der Waals surface area contributed by atoms with Crippen LogP contribution in [0.2, 0.25) is 0 Å². The number of sulfonamides is 1. The van der Waals surface area contributed by atoms with Crippen LogP contribution in [0.5, 0.6) is 0 Å². The quantitative estimate of drug-likeness (QED) is 0.928. The van der Waals surface area contributed by atoms with Crippen molar-refractivity contribution in [3.05, 3.63) is 42.7 Å². The molecule has 0 saturated carbocycles. The molecular formula is C14H17FN4O2S. The van der Waals surface area contributed by atoms with Crippen LogP contribution in [0, 0.1) is 5.82 Å². The number of benzene rings is 1. The summed E-state index contributed by atoms with van der Waals surface area (Å²) in [6.45, 7) is 1.11. The number of anilines is 1. The van der Waals surface area contributed by atoms with E-state index in [1.165, 1.54) is 18.2 Å². The lowest BCUT2D eigenvalue weighted by Gasteiger charge is -2.35. The number of hydrogen-bond acceptors (Lipinski definition) is 4. The van der Waals surface area contributed by atoms with Crippen molar-refractivity contribution < 1.29 is 12.8 Å². The molecule has 1 aromatic heterocycles. The van der Waals surface area contributed by atoms with Crippen molar-refractivity contribution in [2.45, 2.75) is 23.8 Å². The van der Waals surface area contributed by atoms with Gasteiger partial charge in [0.05, 0.1) is 18.1 Å². The lowest BCUT2D eigenvalue weighted by Crippen LogP contribution is -2.38. The molecule has 0 radical (unpaired) electrons. The minimum atomic E-state index is -3.98. The van der Waals surface area contributed by atoms with Crippen LogP contribution in [0.25, 0.3) is 0 Å². The van der Waals surface area contributed by atoms with Crippen molar-refractivity contribution in [3.63, 3.8) is 0 Å². The molecule has 0 bridgehead atoms. The predicted molar refractivity (Wildman–Crippen MR) is 80.5 cm³/mol. The summed E-state index contributed by atoms with van der Waals surface area (Å²) in [4.78, 5) is 5.61. The lowest BCUT2D eigenvalue weighted by atomic mass is 10.0. The maximum atomic E-state index is 14.3. The Morgan fingerprint density at radius 2 is 2.18 bits per heavy atom. The standard InChI is InChI=1S/C14H17FN4O2S/c15-12-4-1-5-13(22(16,20)21)14(12)18-7-2-3-11(9-18)19-8-6-17-10-19/h1,4-6,8,10-11H,2-3,7,9H2,(H2,16,20,21). The fraction of sp³-hybridized carbons (Fsp3) is 0.357. The second kappa shape index (κ2) is 5.69. The zero-order chi connectivity index (χ0) is 15.7. The van der Waals surface area contributed by atoms with Crippen LogP contribution in [0.4, 0.5) is 10.1 Å². The van der Waals surface area contributed by atoms with Crippen LogP contribution < -0.4 is 10.0 Å². The van der Waals surface area contributed by atoms with Gasteiger partial charge >= 0.3 is 0 Å². The molecule has 1 aliphatic heterocycles. The molecule has 8 heteroatoms. The molecule has 1 aliphatic rings. The normalized spacial score (nSPS) is 19.4. The fourth-order valence-corrected chi connectivity index (χ4v) is 3.68. The largest absolute Gasteiger partial charge is 0.366 e. The Labute approximate surface area is 128 Å². The van der Waals surface area contributed by atoms with Gasteiger partial charge in [-0.2, -0.15) is 0 Å². The van der Waals surface area contributed by atoms with Crippen LogP contribution >= 0.6 is 0 Å². The van der Waals surface area contributed by atoms with Gasteiger partial charge in [-0.25, -0.2) is 22.9 Å². The fourth-order valence-electron chi connectivity index (χ4n) is 2.92. The molecule has 1 saturated heterocycles. The highest BCUT2D eigenvalue weighted by molar-refractivity contribution is 7.89. The van der Waals surface area contributed by atoms with E-state index in [9.17, 15) is 12.8 Å². The van der Waals surface area contributed by atoms with Crippen molar-refractivity contribution in [1.29, 1.82) is 0 Å². The maximum Gasteiger partial charge on any atom is 0.240 e. The molecule has 1 aromatic carbocycles. The molecule has 0 aliphatic carbocycles. The third-order valence-corrected chi connectivity index (χ3v) is 4.86. The SMILES string of the molecule is NS(=O)(=O)c1cccc(F)c1N1CCCC(n2ccnc2)C1. The first kappa shape index (κ1) is 15.0. The summed E-state index contributed by atoms with van der Waals surface area (Å²) in [5.74, 6) is -0.571. The second-order valence-corrected chi connectivity index (χ2v) is 6.91. The van der Waals surface area contributed by atoms with Crippen LogP contribution in [-0.4, -0.2) is 31.1 Å². The number of piperidine rings is 1. The van der Waals surface area contributed by atoms with Gasteiger partial charge in [0.2, 0.25) is 10.0 Å². The third-order valence-electron chi connectivity index (χ3n) is 3.92. The number of primary sulfonamides is 1. The molecule has 3 rings (SSSR count). The van der Waals surface area contributed by atoms with Crippen molar-refractivity contribution >= 4 is 15.7 Å². The van der Waals surface area contributed by atoms with Crippen LogP contribution in [0.3, 0.4) is 0 Å². The van der Waals surface area contributed by atoms with Gasteiger partial charge in [0.25, 0.3) is 0 Å². The Morgan fingerprint density at radius 1 is 1.36 bits per heavy atom. The lowest BCUT2D eigenvalue weighted by molar-refractivity contribution is 0.400. The number of para-hydroxylation sites is 1. The van der Waals surface area contributed by atoms with E-state index in [0.717, 1.165) is 12.8 Å². The van der Waals surface area contributed by atoms with E-state index >= 15 is 0 Å². The minimum Gasteiger partial charge on any atom is -0.366 e. The molecule has 22 heavy (non-hydrogen) atoms. The molecule has 2 aromatic rings. The minimum absolute atomic E-state index is 0.0646. The van der Waals surface area contributed by atoms with Crippen molar-refractivity contribution in [2.75, 3.05) is 18.0 Å². The average molecular weight is 324 g/mol. The number of nitrogens with two attached hydrogens (primary N) is 1. The number of aromatic nitrogens is 2. The van der Waals surface area contributed by atoms with E-state index in [4.69, 9.17) is 5.14 Å². The molecule has 6 nitrogen and oxygen atoms in total. The van der Waals surface area contributed by atoms with Crippen LogP contribution in [0.15, 0.2) is 41.8 Å². The molecule has 1 unspecified atom stereocenters. The molecule has 1 fully saturated rings.